The smallest absolute Gasteiger partial charge is 0.258 e. The minimum Gasteiger partial charge on any atom is -0.258 e. The van der Waals surface area contributed by atoms with Crippen LogP contribution in [-0.2, 0) is 6.54 Å². The molecule has 0 radical (unpaired) electrons. The van der Waals surface area contributed by atoms with Crippen LogP contribution in [0.15, 0.2) is 66.9 Å². The summed E-state index contributed by atoms with van der Waals surface area (Å²) in [5.41, 5.74) is 4.73. The van der Waals surface area contributed by atoms with Gasteiger partial charge in [-0.15, -0.1) is 0 Å². The first-order valence-electron chi connectivity index (χ1n) is 8.92. The molecule has 0 aliphatic heterocycles. The van der Waals surface area contributed by atoms with Gasteiger partial charge in [0.25, 0.3) is 0 Å². The molecule has 28 heavy (non-hydrogen) atoms. The molecule has 0 aliphatic rings. The SMILES string of the molecule is Cc1nn(Cc2cn(-c3ccccc3)nc2-c2ccccc2)c(C)c1[N+](=O)[O-]. The second kappa shape index (κ2) is 7.11. The Morgan fingerprint density at radius 1 is 0.964 bits per heavy atom. The van der Waals surface area contributed by atoms with E-state index in [1.165, 1.54) is 0 Å². The third-order valence-electron chi connectivity index (χ3n) is 4.70. The van der Waals surface area contributed by atoms with E-state index < -0.39 is 0 Å². The van der Waals surface area contributed by atoms with E-state index in [0.29, 0.717) is 17.9 Å². The van der Waals surface area contributed by atoms with Crippen LogP contribution in [0, 0.1) is 24.0 Å². The molecule has 0 unspecified atom stereocenters. The summed E-state index contributed by atoms with van der Waals surface area (Å²) in [6, 6.07) is 19.8. The van der Waals surface area contributed by atoms with Gasteiger partial charge in [-0.2, -0.15) is 10.2 Å². The van der Waals surface area contributed by atoms with Crippen molar-refractivity contribution in [3.8, 4) is 16.9 Å². The molecular weight excluding hydrogens is 354 g/mol. The lowest BCUT2D eigenvalue weighted by molar-refractivity contribution is -0.386. The van der Waals surface area contributed by atoms with Gasteiger partial charge >= 0.3 is 5.69 Å². The number of para-hydroxylation sites is 1. The molecule has 0 fully saturated rings. The molecule has 2 aromatic carbocycles. The second-order valence-corrected chi connectivity index (χ2v) is 6.58. The lowest BCUT2D eigenvalue weighted by atomic mass is 10.1. The number of rotatable bonds is 5. The van der Waals surface area contributed by atoms with Gasteiger partial charge in [-0.1, -0.05) is 48.5 Å². The molecule has 0 N–H and O–H groups in total. The molecule has 2 aromatic heterocycles. The predicted molar refractivity (Wildman–Crippen MR) is 106 cm³/mol. The first-order chi connectivity index (χ1) is 13.5. The number of aryl methyl sites for hydroxylation is 1. The summed E-state index contributed by atoms with van der Waals surface area (Å²) in [6.45, 7) is 3.78. The highest BCUT2D eigenvalue weighted by Crippen LogP contribution is 2.27. The van der Waals surface area contributed by atoms with Gasteiger partial charge in [-0.05, 0) is 26.0 Å². The molecular formula is C21H19N5O2. The van der Waals surface area contributed by atoms with E-state index >= 15 is 0 Å². The van der Waals surface area contributed by atoms with Gasteiger partial charge in [0.05, 0.1) is 22.8 Å². The van der Waals surface area contributed by atoms with Crippen LogP contribution < -0.4 is 0 Å². The number of hydrogen-bond donors (Lipinski definition) is 0. The fourth-order valence-electron chi connectivity index (χ4n) is 3.34. The van der Waals surface area contributed by atoms with Crippen molar-refractivity contribution in [3.05, 3.63) is 93.9 Å². The minimum atomic E-state index is -0.375. The summed E-state index contributed by atoms with van der Waals surface area (Å²) in [5, 5.41) is 20.5. The second-order valence-electron chi connectivity index (χ2n) is 6.58. The number of benzene rings is 2. The minimum absolute atomic E-state index is 0.0664. The summed E-state index contributed by atoms with van der Waals surface area (Å²) in [4.78, 5) is 10.9. The Morgan fingerprint density at radius 2 is 1.61 bits per heavy atom. The Balaban J connectivity index is 1.81. The molecule has 4 aromatic rings. The number of aromatic nitrogens is 4. The van der Waals surface area contributed by atoms with E-state index in [2.05, 4.69) is 5.10 Å². The van der Waals surface area contributed by atoms with Crippen LogP contribution in [0.25, 0.3) is 16.9 Å². The standard InChI is InChI=1S/C21H19N5O2/c1-15-21(26(27)28)16(2)24(22-15)13-18-14-25(19-11-7-4-8-12-19)23-20(18)17-9-5-3-6-10-17/h3-12,14H,13H2,1-2H3. The monoisotopic (exact) mass is 373 g/mol. The average Bonchev–Trinajstić information content (AvgIpc) is 3.24. The van der Waals surface area contributed by atoms with Gasteiger partial charge in [0.2, 0.25) is 0 Å². The van der Waals surface area contributed by atoms with Crippen molar-refractivity contribution >= 4 is 5.69 Å². The molecule has 2 heterocycles. The van der Waals surface area contributed by atoms with Crippen molar-refractivity contribution in [1.29, 1.82) is 0 Å². The maximum absolute atomic E-state index is 11.3. The molecule has 0 aliphatic carbocycles. The van der Waals surface area contributed by atoms with Crippen LogP contribution in [0.1, 0.15) is 17.0 Å². The van der Waals surface area contributed by atoms with Gasteiger partial charge in [0.15, 0.2) is 0 Å². The quantitative estimate of drug-likeness (QED) is 0.386. The Hall–Kier alpha value is -3.74. The third-order valence-corrected chi connectivity index (χ3v) is 4.70. The Bertz CT molecular complexity index is 1130. The lowest BCUT2D eigenvalue weighted by Crippen LogP contribution is -2.05. The predicted octanol–water partition coefficient (Wildman–Crippen LogP) is 4.31. The molecule has 7 heteroatoms. The zero-order valence-electron chi connectivity index (χ0n) is 15.6. The van der Waals surface area contributed by atoms with Crippen LogP contribution in [-0.4, -0.2) is 24.5 Å². The van der Waals surface area contributed by atoms with E-state index in [9.17, 15) is 10.1 Å². The van der Waals surface area contributed by atoms with Crippen LogP contribution in [0.5, 0.6) is 0 Å². The maximum atomic E-state index is 11.3. The van der Waals surface area contributed by atoms with Crippen molar-refractivity contribution < 1.29 is 4.92 Å². The Labute approximate surface area is 162 Å². The largest absolute Gasteiger partial charge is 0.312 e. The summed E-state index contributed by atoms with van der Waals surface area (Å²) < 4.78 is 3.50. The van der Waals surface area contributed by atoms with Gasteiger partial charge in [0, 0.05) is 17.3 Å². The zero-order valence-corrected chi connectivity index (χ0v) is 15.6. The Kier molecular flexibility index (Phi) is 4.49. The number of nitro groups is 1. The van der Waals surface area contributed by atoms with Gasteiger partial charge < -0.3 is 0 Å². The topological polar surface area (TPSA) is 78.8 Å². The fraction of sp³-hybridized carbons (Fsp3) is 0.143. The highest BCUT2D eigenvalue weighted by Gasteiger charge is 2.23. The van der Waals surface area contributed by atoms with Crippen molar-refractivity contribution in [1.82, 2.24) is 19.6 Å². The highest BCUT2D eigenvalue weighted by molar-refractivity contribution is 5.63. The van der Waals surface area contributed by atoms with Crippen molar-refractivity contribution in [2.75, 3.05) is 0 Å². The highest BCUT2D eigenvalue weighted by atomic mass is 16.6. The molecule has 0 amide bonds. The molecule has 0 saturated carbocycles. The zero-order chi connectivity index (χ0) is 19.7. The van der Waals surface area contributed by atoms with Crippen molar-refractivity contribution in [2.24, 2.45) is 0 Å². The van der Waals surface area contributed by atoms with Crippen molar-refractivity contribution in [2.45, 2.75) is 20.4 Å². The number of nitrogens with zero attached hydrogens (tertiary/aromatic N) is 5. The van der Waals surface area contributed by atoms with Gasteiger partial charge in [-0.3, -0.25) is 14.8 Å². The first-order valence-corrected chi connectivity index (χ1v) is 8.92. The van der Waals surface area contributed by atoms with Gasteiger partial charge in [-0.25, -0.2) is 4.68 Å². The maximum Gasteiger partial charge on any atom is 0.312 e. The molecule has 4 rings (SSSR count). The summed E-state index contributed by atoms with van der Waals surface area (Å²) in [6.07, 6.45) is 1.96. The van der Waals surface area contributed by atoms with Crippen LogP contribution in [0.3, 0.4) is 0 Å². The summed E-state index contributed by atoms with van der Waals surface area (Å²) >= 11 is 0. The summed E-state index contributed by atoms with van der Waals surface area (Å²) in [7, 11) is 0. The third kappa shape index (κ3) is 3.18. The molecule has 140 valence electrons. The molecule has 0 bridgehead atoms. The number of hydrogen-bond acceptors (Lipinski definition) is 4. The molecule has 0 saturated heterocycles. The van der Waals surface area contributed by atoms with E-state index in [-0.39, 0.29) is 10.6 Å². The summed E-state index contributed by atoms with van der Waals surface area (Å²) in [5.74, 6) is 0. The van der Waals surface area contributed by atoms with E-state index in [1.807, 2.05) is 71.5 Å². The van der Waals surface area contributed by atoms with Crippen LogP contribution >= 0.6 is 0 Å². The van der Waals surface area contributed by atoms with Crippen LogP contribution in [0.2, 0.25) is 0 Å². The lowest BCUT2D eigenvalue weighted by Gasteiger charge is -2.04. The Morgan fingerprint density at radius 3 is 2.21 bits per heavy atom. The average molecular weight is 373 g/mol. The van der Waals surface area contributed by atoms with E-state index in [1.54, 1.807) is 18.5 Å². The van der Waals surface area contributed by atoms with E-state index in [4.69, 9.17) is 5.10 Å². The molecule has 7 nitrogen and oxygen atoms in total. The van der Waals surface area contributed by atoms with Gasteiger partial charge in [0.1, 0.15) is 11.4 Å². The van der Waals surface area contributed by atoms with E-state index in [0.717, 1.165) is 22.5 Å². The molecule has 0 atom stereocenters. The fourth-order valence-corrected chi connectivity index (χ4v) is 3.34. The van der Waals surface area contributed by atoms with Crippen LogP contribution in [0.4, 0.5) is 5.69 Å². The van der Waals surface area contributed by atoms with Crippen molar-refractivity contribution in [3.63, 3.8) is 0 Å². The molecule has 0 spiro atoms. The normalized spacial score (nSPS) is 10.9. The first kappa shape index (κ1) is 17.7.